The van der Waals surface area contributed by atoms with E-state index in [0.717, 1.165) is 10.5 Å². The Hall–Kier alpha value is -2.70. The third-order valence-electron chi connectivity index (χ3n) is 3.99. The average molecular weight is 407 g/mol. The minimum absolute atomic E-state index is 0.0370. The quantitative estimate of drug-likeness (QED) is 0.619. The van der Waals surface area contributed by atoms with Crippen molar-refractivity contribution < 1.29 is 18.8 Å². The molecule has 0 unspecified atom stereocenters. The molecule has 0 aliphatic carbocycles. The zero-order valence-corrected chi connectivity index (χ0v) is 15.4. The molecule has 8 heteroatoms. The summed E-state index contributed by atoms with van der Waals surface area (Å²) in [6, 6.07) is 9.55. The maximum absolute atomic E-state index is 13.0. The number of benzene rings is 2. The average Bonchev–Trinajstić information content (AvgIpc) is 2.61. The second kappa shape index (κ2) is 7.90. The summed E-state index contributed by atoms with van der Waals surface area (Å²) in [5, 5.41) is 2.82. The maximum atomic E-state index is 13.0. The van der Waals surface area contributed by atoms with Gasteiger partial charge in [0.15, 0.2) is 0 Å². The van der Waals surface area contributed by atoms with Gasteiger partial charge in [0.2, 0.25) is 0 Å². The standard InChI is InChI=1S/C19H13Cl2FN2O3/c20-13-4-3-12(16(21)10-13)9-15-17(25)23-19(27)24(18(15)26)8-7-11-1-5-14(22)6-2-11/h1-6,9-10H,7-8H2,(H,23,25,27)/b15-9+. The summed E-state index contributed by atoms with van der Waals surface area (Å²) in [4.78, 5) is 37.7. The largest absolute Gasteiger partial charge is 0.331 e. The molecule has 0 spiro atoms. The topological polar surface area (TPSA) is 66.5 Å². The normalized spacial score (nSPS) is 16.0. The van der Waals surface area contributed by atoms with Gasteiger partial charge in [0.1, 0.15) is 11.4 Å². The summed E-state index contributed by atoms with van der Waals surface area (Å²) in [5.74, 6) is -1.90. The van der Waals surface area contributed by atoms with Crippen molar-refractivity contribution in [1.29, 1.82) is 0 Å². The summed E-state index contributed by atoms with van der Waals surface area (Å²) < 4.78 is 13.0. The third-order valence-corrected chi connectivity index (χ3v) is 4.55. The molecule has 1 aliphatic rings. The molecule has 3 rings (SSSR count). The van der Waals surface area contributed by atoms with E-state index in [4.69, 9.17) is 23.2 Å². The molecule has 0 atom stereocenters. The van der Waals surface area contributed by atoms with Crippen LogP contribution in [-0.4, -0.2) is 29.3 Å². The lowest BCUT2D eigenvalue weighted by Gasteiger charge is -2.26. The van der Waals surface area contributed by atoms with E-state index in [-0.39, 0.29) is 23.0 Å². The van der Waals surface area contributed by atoms with Crippen molar-refractivity contribution in [3.05, 3.63) is 75.0 Å². The van der Waals surface area contributed by atoms with Gasteiger partial charge in [-0.2, -0.15) is 0 Å². The van der Waals surface area contributed by atoms with Crippen molar-refractivity contribution in [2.24, 2.45) is 0 Å². The van der Waals surface area contributed by atoms with Gasteiger partial charge in [0.25, 0.3) is 11.8 Å². The van der Waals surface area contributed by atoms with Crippen LogP contribution in [0.15, 0.2) is 48.0 Å². The van der Waals surface area contributed by atoms with Gasteiger partial charge in [-0.25, -0.2) is 9.18 Å². The van der Waals surface area contributed by atoms with Crippen molar-refractivity contribution >= 4 is 47.1 Å². The number of barbiturate groups is 1. The number of hydrogen-bond acceptors (Lipinski definition) is 3. The molecule has 2 aromatic carbocycles. The number of imide groups is 2. The third kappa shape index (κ3) is 4.35. The van der Waals surface area contributed by atoms with Gasteiger partial charge in [0.05, 0.1) is 0 Å². The predicted octanol–water partition coefficient (Wildman–Crippen LogP) is 3.84. The van der Waals surface area contributed by atoms with Crippen molar-refractivity contribution in [3.8, 4) is 0 Å². The molecule has 0 saturated carbocycles. The fourth-order valence-electron chi connectivity index (χ4n) is 2.56. The van der Waals surface area contributed by atoms with Gasteiger partial charge in [-0.3, -0.25) is 19.8 Å². The predicted molar refractivity (Wildman–Crippen MR) is 99.8 cm³/mol. The molecule has 0 bridgehead atoms. The van der Waals surface area contributed by atoms with E-state index >= 15 is 0 Å². The molecule has 1 N–H and O–H groups in total. The smallest absolute Gasteiger partial charge is 0.273 e. The molecule has 27 heavy (non-hydrogen) atoms. The molecule has 0 aromatic heterocycles. The minimum Gasteiger partial charge on any atom is -0.273 e. The van der Waals surface area contributed by atoms with Crippen LogP contribution in [0, 0.1) is 5.82 Å². The summed E-state index contributed by atoms with van der Waals surface area (Å²) in [7, 11) is 0. The lowest BCUT2D eigenvalue weighted by atomic mass is 10.1. The molecule has 1 fully saturated rings. The van der Waals surface area contributed by atoms with E-state index in [9.17, 15) is 18.8 Å². The molecule has 138 valence electrons. The first-order chi connectivity index (χ1) is 12.8. The van der Waals surface area contributed by atoms with Gasteiger partial charge in [-0.15, -0.1) is 0 Å². The first-order valence-electron chi connectivity index (χ1n) is 7.93. The lowest BCUT2D eigenvalue weighted by Crippen LogP contribution is -2.54. The Bertz CT molecular complexity index is 958. The monoisotopic (exact) mass is 406 g/mol. The van der Waals surface area contributed by atoms with E-state index < -0.39 is 17.8 Å². The van der Waals surface area contributed by atoms with Gasteiger partial charge in [-0.05, 0) is 47.9 Å². The highest BCUT2D eigenvalue weighted by Gasteiger charge is 2.35. The number of carbonyl (C=O) groups is 3. The van der Waals surface area contributed by atoms with Crippen LogP contribution in [0.25, 0.3) is 6.08 Å². The van der Waals surface area contributed by atoms with Crippen LogP contribution in [0.5, 0.6) is 0 Å². The van der Waals surface area contributed by atoms with E-state index in [2.05, 4.69) is 5.32 Å². The molecule has 5 nitrogen and oxygen atoms in total. The van der Waals surface area contributed by atoms with Gasteiger partial charge in [0, 0.05) is 16.6 Å². The van der Waals surface area contributed by atoms with E-state index in [1.807, 2.05) is 0 Å². The van der Waals surface area contributed by atoms with Crippen LogP contribution in [0.1, 0.15) is 11.1 Å². The van der Waals surface area contributed by atoms with Crippen molar-refractivity contribution in [2.75, 3.05) is 6.54 Å². The maximum Gasteiger partial charge on any atom is 0.331 e. The molecule has 0 radical (unpaired) electrons. The highest BCUT2D eigenvalue weighted by molar-refractivity contribution is 6.36. The Balaban J connectivity index is 1.82. The van der Waals surface area contributed by atoms with E-state index in [1.165, 1.54) is 24.3 Å². The molecular formula is C19H13Cl2FN2O3. The Morgan fingerprint density at radius 2 is 1.74 bits per heavy atom. The highest BCUT2D eigenvalue weighted by Crippen LogP contribution is 2.24. The van der Waals surface area contributed by atoms with Crippen LogP contribution in [-0.2, 0) is 16.0 Å². The van der Waals surface area contributed by atoms with Crippen molar-refractivity contribution in [1.82, 2.24) is 10.2 Å². The molecule has 1 saturated heterocycles. The minimum atomic E-state index is -0.800. The number of hydrogen-bond donors (Lipinski definition) is 1. The lowest BCUT2D eigenvalue weighted by molar-refractivity contribution is -0.130. The number of rotatable bonds is 4. The first-order valence-corrected chi connectivity index (χ1v) is 8.69. The fraction of sp³-hybridized carbons (Fsp3) is 0.105. The van der Waals surface area contributed by atoms with Crippen LogP contribution in [0.3, 0.4) is 0 Å². The van der Waals surface area contributed by atoms with Gasteiger partial charge < -0.3 is 0 Å². The van der Waals surface area contributed by atoms with Gasteiger partial charge in [-0.1, -0.05) is 41.4 Å². The second-order valence-corrected chi connectivity index (χ2v) is 6.66. The molecule has 4 amide bonds. The number of urea groups is 1. The van der Waals surface area contributed by atoms with Crippen LogP contribution in [0.2, 0.25) is 10.0 Å². The van der Waals surface area contributed by atoms with Crippen LogP contribution < -0.4 is 5.32 Å². The van der Waals surface area contributed by atoms with Crippen LogP contribution in [0.4, 0.5) is 9.18 Å². The molecular weight excluding hydrogens is 394 g/mol. The Kier molecular flexibility index (Phi) is 5.58. The van der Waals surface area contributed by atoms with Gasteiger partial charge >= 0.3 is 6.03 Å². The molecule has 2 aromatic rings. The summed E-state index contributed by atoms with van der Waals surface area (Å²) in [5.41, 5.74) is 0.963. The number of nitrogens with zero attached hydrogens (tertiary/aromatic N) is 1. The second-order valence-electron chi connectivity index (χ2n) is 5.82. The Morgan fingerprint density at radius 3 is 2.41 bits per heavy atom. The van der Waals surface area contributed by atoms with E-state index in [1.54, 1.807) is 24.3 Å². The summed E-state index contributed by atoms with van der Waals surface area (Å²) in [6.07, 6.45) is 1.64. The highest BCUT2D eigenvalue weighted by atomic mass is 35.5. The number of nitrogens with one attached hydrogen (secondary N) is 1. The van der Waals surface area contributed by atoms with E-state index in [0.29, 0.717) is 17.0 Å². The molecule has 1 heterocycles. The number of halogens is 3. The number of carbonyl (C=O) groups excluding carboxylic acids is 3. The Morgan fingerprint density at radius 1 is 1.04 bits per heavy atom. The number of amides is 4. The Labute approximate surface area is 164 Å². The van der Waals surface area contributed by atoms with Crippen molar-refractivity contribution in [3.63, 3.8) is 0 Å². The van der Waals surface area contributed by atoms with Crippen LogP contribution >= 0.6 is 23.2 Å². The van der Waals surface area contributed by atoms with Crippen molar-refractivity contribution in [2.45, 2.75) is 6.42 Å². The zero-order valence-electron chi connectivity index (χ0n) is 13.8. The fourth-order valence-corrected chi connectivity index (χ4v) is 3.03. The summed E-state index contributed by atoms with van der Waals surface area (Å²) in [6.45, 7) is 0.0370. The molecule has 1 aliphatic heterocycles. The SMILES string of the molecule is O=C1NC(=O)N(CCc2ccc(F)cc2)C(=O)/C1=C/c1ccc(Cl)cc1Cl. The summed E-state index contributed by atoms with van der Waals surface area (Å²) >= 11 is 11.9. The zero-order chi connectivity index (χ0) is 19.6. The first kappa shape index (κ1) is 19.1.